The van der Waals surface area contributed by atoms with Crippen LogP contribution in [0.4, 0.5) is 10.1 Å². The van der Waals surface area contributed by atoms with Crippen molar-refractivity contribution in [3.05, 3.63) is 50.6 Å². The maximum atomic E-state index is 13.8. The van der Waals surface area contributed by atoms with E-state index in [0.717, 1.165) is 17.5 Å². The summed E-state index contributed by atoms with van der Waals surface area (Å²) in [7, 11) is 0. The molecule has 9 heteroatoms. The van der Waals surface area contributed by atoms with Crippen LogP contribution in [0.2, 0.25) is 0 Å². The van der Waals surface area contributed by atoms with Gasteiger partial charge < -0.3 is 10.3 Å². The fraction of sp³-hybridized carbons (Fsp3) is 0.235. The highest BCUT2D eigenvalue weighted by Crippen LogP contribution is 2.21. The molecular formula is C17H16BrFN4O2S. The summed E-state index contributed by atoms with van der Waals surface area (Å²) < 4.78 is 15.9. The zero-order valence-corrected chi connectivity index (χ0v) is 16.5. The summed E-state index contributed by atoms with van der Waals surface area (Å²) in [5, 5.41) is 2.98. The van der Waals surface area contributed by atoms with E-state index in [2.05, 4.69) is 31.2 Å². The second-order valence-corrected chi connectivity index (χ2v) is 7.48. The Bertz CT molecular complexity index is 1050. The number of hydrogen-bond acceptors (Lipinski definition) is 4. The molecule has 1 amide bonds. The Labute approximate surface area is 161 Å². The monoisotopic (exact) mass is 438 g/mol. The predicted molar refractivity (Wildman–Crippen MR) is 104 cm³/mol. The molecule has 0 radical (unpaired) electrons. The van der Waals surface area contributed by atoms with Crippen LogP contribution in [-0.2, 0) is 11.3 Å². The number of halogens is 2. The molecule has 0 saturated heterocycles. The van der Waals surface area contributed by atoms with Gasteiger partial charge in [-0.1, -0.05) is 27.7 Å². The number of carbonyl (C=O) groups is 1. The third kappa shape index (κ3) is 3.83. The van der Waals surface area contributed by atoms with E-state index in [-0.39, 0.29) is 22.9 Å². The van der Waals surface area contributed by atoms with Crippen LogP contribution in [0.15, 0.2) is 38.7 Å². The summed E-state index contributed by atoms with van der Waals surface area (Å²) in [6.07, 6.45) is 0. The van der Waals surface area contributed by atoms with Gasteiger partial charge in [-0.3, -0.25) is 14.2 Å². The van der Waals surface area contributed by atoms with Crippen molar-refractivity contribution in [3.8, 4) is 0 Å². The van der Waals surface area contributed by atoms with Crippen LogP contribution in [0.3, 0.4) is 0 Å². The van der Waals surface area contributed by atoms with Crippen LogP contribution in [0.1, 0.15) is 12.6 Å². The Morgan fingerprint density at radius 3 is 2.88 bits per heavy atom. The number of H-pyrrole nitrogens is 1. The standard InChI is InChI=1S/C17H16BrFN4O2S/c1-3-23-16(25)15-13(6-9(2)20-15)22-17(23)26-8-14(24)21-12-5-4-10(18)7-11(12)19/h4-7,20H,3,8H2,1-2H3,(H,21,24). The van der Waals surface area contributed by atoms with E-state index in [4.69, 9.17) is 0 Å². The van der Waals surface area contributed by atoms with Gasteiger partial charge in [0, 0.05) is 16.7 Å². The average molecular weight is 439 g/mol. The van der Waals surface area contributed by atoms with Crippen molar-refractivity contribution in [1.82, 2.24) is 14.5 Å². The van der Waals surface area contributed by atoms with E-state index < -0.39 is 5.82 Å². The summed E-state index contributed by atoms with van der Waals surface area (Å²) in [4.78, 5) is 32.2. The van der Waals surface area contributed by atoms with Crippen LogP contribution in [0.5, 0.6) is 0 Å². The summed E-state index contributed by atoms with van der Waals surface area (Å²) in [6.45, 7) is 4.13. The Balaban J connectivity index is 1.78. The number of aryl methyl sites for hydroxylation is 1. The van der Waals surface area contributed by atoms with Crippen molar-refractivity contribution in [2.24, 2.45) is 0 Å². The van der Waals surface area contributed by atoms with Gasteiger partial charge in [0.2, 0.25) is 5.91 Å². The second-order valence-electron chi connectivity index (χ2n) is 5.62. The maximum Gasteiger partial charge on any atom is 0.278 e. The van der Waals surface area contributed by atoms with Crippen molar-refractivity contribution < 1.29 is 9.18 Å². The first kappa shape index (κ1) is 18.7. The molecule has 3 rings (SSSR count). The first-order chi connectivity index (χ1) is 12.4. The quantitative estimate of drug-likeness (QED) is 0.470. The van der Waals surface area contributed by atoms with E-state index in [0.29, 0.717) is 27.2 Å². The molecule has 0 fully saturated rings. The van der Waals surface area contributed by atoms with Gasteiger partial charge in [0.05, 0.1) is 17.0 Å². The molecule has 3 aromatic rings. The van der Waals surface area contributed by atoms with E-state index in [9.17, 15) is 14.0 Å². The van der Waals surface area contributed by atoms with Gasteiger partial charge >= 0.3 is 0 Å². The highest BCUT2D eigenvalue weighted by Gasteiger charge is 2.14. The highest BCUT2D eigenvalue weighted by atomic mass is 79.9. The molecule has 0 aliphatic heterocycles. The molecule has 26 heavy (non-hydrogen) atoms. The topological polar surface area (TPSA) is 79.8 Å². The smallest absolute Gasteiger partial charge is 0.278 e. The molecule has 0 atom stereocenters. The van der Waals surface area contributed by atoms with Crippen molar-refractivity contribution in [3.63, 3.8) is 0 Å². The van der Waals surface area contributed by atoms with Crippen LogP contribution < -0.4 is 10.9 Å². The van der Waals surface area contributed by atoms with Crippen molar-refractivity contribution >= 4 is 50.3 Å². The zero-order valence-electron chi connectivity index (χ0n) is 14.1. The lowest BCUT2D eigenvalue weighted by atomic mass is 10.3. The number of benzene rings is 1. The molecule has 0 unspecified atom stereocenters. The van der Waals surface area contributed by atoms with Gasteiger partial charge in [0.25, 0.3) is 5.56 Å². The number of fused-ring (bicyclic) bond motifs is 1. The Hall–Kier alpha value is -2.13. The van der Waals surface area contributed by atoms with Crippen molar-refractivity contribution in [1.29, 1.82) is 0 Å². The minimum atomic E-state index is -0.523. The van der Waals surface area contributed by atoms with E-state index in [1.54, 1.807) is 12.1 Å². The average Bonchev–Trinajstić information content (AvgIpc) is 2.96. The molecule has 0 aliphatic rings. The van der Waals surface area contributed by atoms with Crippen LogP contribution >= 0.6 is 27.7 Å². The molecule has 6 nitrogen and oxygen atoms in total. The van der Waals surface area contributed by atoms with E-state index in [1.165, 1.54) is 16.7 Å². The fourth-order valence-electron chi connectivity index (χ4n) is 2.51. The first-order valence-corrected chi connectivity index (χ1v) is 9.64. The van der Waals surface area contributed by atoms with Gasteiger partial charge in [-0.25, -0.2) is 9.37 Å². The predicted octanol–water partition coefficient (Wildman–Crippen LogP) is 3.69. The lowest BCUT2D eigenvalue weighted by Gasteiger charge is -2.10. The number of nitrogens with zero attached hydrogens (tertiary/aromatic N) is 2. The van der Waals surface area contributed by atoms with Crippen LogP contribution in [0.25, 0.3) is 11.0 Å². The van der Waals surface area contributed by atoms with E-state index in [1.807, 2.05) is 13.8 Å². The molecule has 2 N–H and O–H groups in total. The number of amides is 1. The van der Waals surface area contributed by atoms with Gasteiger partial charge in [0.15, 0.2) is 5.16 Å². The van der Waals surface area contributed by atoms with E-state index >= 15 is 0 Å². The first-order valence-electron chi connectivity index (χ1n) is 7.87. The SMILES string of the molecule is CCn1c(SCC(=O)Nc2ccc(Br)cc2F)nc2cc(C)[nH]c2c1=O. The molecule has 0 aliphatic carbocycles. The van der Waals surface area contributed by atoms with Gasteiger partial charge in [-0.2, -0.15) is 0 Å². The van der Waals surface area contributed by atoms with Gasteiger partial charge in [-0.05, 0) is 38.1 Å². The zero-order chi connectivity index (χ0) is 18.8. The fourth-order valence-corrected chi connectivity index (χ4v) is 3.70. The minimum Gasteiger partial charge on any atom is -0.353 e. The van der Waals surface area contributed by atoms with Gasteiger partial charge in [-0.15, -0.1) is 0 Å². The number of rotatable bonds is 5. The molecule has 0 spiro atoms. The van der Waals surface area contributed by atoms with Crippen molar-refractivity contribution in [2.45, 2.75) is 25.5 Å². The summed E-state index contributed by atoms with van der Waals surface area (Å²) in [5.41, 5.74) is 1.80. The van der Waals surface area contributed by atoms with Crippen LogP contribution in [-0.4, -0.2) is 26.2 Å². The van der Waals surface area contributed by atoms with Gasteiger partial charge in [0.1, 0.15) is 11.3 Å². The summed E-state index contributed by atoms with van der Waals surface area (Å²) in [5.74, 6) is -0.888. The number of hydrogen-bond donors (Lipinski definition) is 2. The molecule has 0 saturated carbocycles. The largest absolute Gasteiger partial charge is 0.353 e. The third-order valence-corrected chi connectivity index (χ3v) is 5.16. The number of carbonyl (C=O) groups excluding carboxylic acids is 1. The molecule has 0 bridgehead atoms. The lowest BCUT2D eigenvalue weighted by molar-refractivity contribution is -0.113. The second kappa shape index (κ2) is 7.63. The lowest BCUT2D eigenvalue weighted by Crippen LogP contribution is -2.23. The number of thioether (sulfide) groups is 1. The Morgan fingerprint density at radius 1 is 1.42 bits per heavy atom. The number of anilines is 1. The maximum absolute atomic E-state index is 13.8. The summed E-state index contributed by atoms with van der Waals surface area (Å²) >= 11 is 4.31. The molecule has 136 valence electrons. The molecular weight excluding hydrogens is 423 g/mol. The minimum absolute atomic E-state index is 0.0108. The number of aromatic nitrogens is 3. The van der Waals surface area contributed by atoms with Crippen LogP contribution in [0, 0.1) is 12.7 Å². The number of nitrogens with one attached hydrogen (secondary N) is 2. The Morgan fingerprint density at radius 2 is 2.19 bits per heavy atom. The molecule has 2 heterocycles. The Kier molecular flexibility index (Phi) is 5.47. The molecule has 2 aromatic heterocycles. The number of aromatic amines is 1. The van der Waals surface area contributed by atoms with Crippen molar-refractivity contribution in [2.75, 3.05) is 11.1 Å². The third-order valence-electron chi connectivity index (χ3n) is 3.69. The molecule has 1 aromatic carbocycles. The highest BCUT2D eigenvalue weighted by molar-refractivity contribution is 9.10. The normalized spacial score (nSPS) is 11.1. The summed E-state index contributed by atoms with van der Waals surface area (Å²) in [6, 6.07) is 6.19.